The molecule has 0 unspecified atom stereocenters. The largest absolute Gasteiger partial charge is 0.352 e. The molecule has 0 aliphatic heterocycles. The molecule has 28 heavy (non-hydrogen) atoms. The maximum atomic E-state index is 13.0. The topological polar surface area (TPSA) is 68.0 Å². The Morgan fingerprint density at radius 3 is 2.54 bits per heavy atom. The predicted octanol–water partition coefficient (Wildman–Crippen LogP) is 4.67. The Hall–Kier alpha value is -2.72. The van der Waals surface area contributed by atoms with E-state index in [2.05, 4.69) is 5.32 Å². The number of hydrogen-bond donors (Lipinski definition) is 2. The molecule has 4 heteroatoms. The summed E-state index contributed by atoms with van der Waals surface area (Å²) in [5, 5.41) is 4.07. The fourth-order valence-corrected chi connectivity index (χ4v) is 4.05. The van der Waals surface area contributed by atoms with Crippen molar-refractivity contribution in [3.05, 3.63) is 65.7 Å². The van der Waals surface area contributed by atoms with Crippen LogP contribution in [0.3, 0.4) is 0 Å². The van der Waals surface area contributed by atoms with Crippen molar-refractivity contribution in [1.29, 1.82) is 0 Å². The summed E-state index contributed by atoms with van der Waals surface area (Å²) in [4.78, 5) is 17.8. The molecule has 2 aromatic carbocycles. The number of rotatable bonds is 5. The van der Waals surface area contributed by atoms with E-state index in [4.69, 9.17) is 10.7 Å². The summed E-state index contributed by atoms with van der Waals surface area (Å²) in [6, 6.07) is 17.8. The van der Waals surface area contributed by atoms with Crippen LogP contribution in [0.1, 0.15) is 48.0 Å². The van der Waals surface area contributed by atoms with Crippen molar-refractivity contribution in [2.24, 2.45) is 11.7 Å². The number of nitrogens with zero attached hydrogens (tertiary/aromatic N) is 1. The number of benzene rings is 2. The van der Waals surface area contributed by atoms with Crippen LogP contribution in [0.25, 0.3) is 22.2 Å². The highest BCUT2D eigenvalue weighted by Crippen LogP contribution is 2.26. The first-order chi connectivity index (χ1) is 13.7. The fourth-order valence-electron chi connectivity index (χ4n) is 4.05. The minimum absolute atomic E-state index is 0.0102. The summed E-state index contributed by atoms with van der Waals surface area (Å²) >= 11 is 0. The lowest BCUT2D eigenvalue weighted by atomic mass is 9.89. The Morgan fingerprint density at radius 1 is 1.04 bits per heavy atom. The number of fused-ring (bicyclic) bond motifs is 1. The zero-order valence-electron chi connectivity index (χ0n) is 16.2. The summed E-state index contributed by atoms with van der Waals surface area (Å²) in [6.45, 7) is 1.27. The standard InChI is InChI=1S/C24H27N3O/c25-15-17-10-12-19(13-11-17)23-14-21(20-8-4-5-9-22(20)27-23)24(28)26-16-18-6-2-1-3-7-18/h4-5,8-14,18H,1-3,6-7,15-16,25H2,(H,26,28). The van der Waals surface area contributed by atoms with E-state index in [0.717, 1.165) is 34.3 Å². The first kappa shape index (κ1) is 18.6. The van der Waals surface area contributed by atoms with Gasteiger partial charge in [0.25, 0.3) is 5.91 Å². The fraction of sp³-hybridized carbons (Fsp3) is 0.333. The quantitative estimate of drug-likeness (QED) is 0.683. The highest BCUT2D eigenvalue weighted by Gasteiger charge is 2.17. The molecule has 0 atom stereocenters. The minimum atomic E-state index is -0.0102. The first-order valence-electron chi connectivity index (χ1n) is 10.2. The van der Waals surface area contributed by atoms with Crippen LogP contribution in [0.2, 0.25) is 0 Å². The van der Waals surface area contributed by atoms with Gasteiger partial charge in [0.15, 0.2) is 0 Å². The number of carbonyl (C=O) groups is 1. The lowest BCUT2D eigenvalue weighted by Gasteiger charge is -2.22. The highest BCUT2D eigenvalue weighted by atomic mass is 16.1. The maximum absolute atomic E-state index is 13.0. The van der Waals surface area contributed by atoms with Gasteiger partial charge in [0, 0.05) is 24.0 Å². The van der Waals surface area contributed by atoms with Crippen LogP contribution in [0.15, 0.2) is 54.6 Å². The summed E-state index contributed by atoms with van der Waals surface area (Å²) < 4.78 is 0. The van der Waals surface area contributed by atoms with E-state index in [9.17, 15) is 4.79 Å². The smallest absolute Gasteiger partial charge is 0.252 e. The van der Waals surface area contributed by atoms with Crippen molar-refractivity contribution < 1.29 is 4.79 Å². The molecule has 3 N–H and O–H groups in total. The molecule has 0 spiro atoms. The molecule has 1 saturated carbocycles. The predicted molar refractivity (Wildman–Crippen MR) is 114 cm³/mol. The van der Waals surface area contributed by atoms with Crippen LogP contribution >= 0.6 is 0 Å². The highest BCUT2D eigenvalue weighted by molar-refractivity contribution is 6.07. The van der Waals surface area contributed by atoms with E-state index >= 15 is 0 Å². The second-order valence-electron chi connectivity index (χ2n) is 7.69. The van der Waals surface area contributed by atoms with Gasteiger partial charge in [-0.3, -0.25) is 4.79 Å². The summed E-state index contributed by atoms with van der Waals surface area (Å²) in [5.41, 5.74) is 10.1. The number of pyridine rings is 1. The van der Waals surface area contributed by atoms with Gasteiger partial charge in [-0.25, -0.2) is 4.98 Å². The third-order valence-corrected chi connectivity index (χ3v) is 5.72. The number of nitrogens with one attached hydrogen (secondary N) is 1. The molecule has 3 aromatic rings. The van der Waals surface area contributed by atoms with Gasteiger partial charge >= 0.3 is 0 Å². The van der Waals surface area contributed by atoms with E-state index in [1.165, 1.54) is 32.1 Å². The number of para-hydroxylation sites is 1. The normalized spacial score (nSPS) is 14.9. The van der Waals surface area contributed by atoms with Crippen LogP contribution in [0.4, 0.5) is 0 Å². The Morgan fingerprint density at radius 2 is 1.79 bits per heavy atom. The van der Waals surface area contributed by atoms with Crippen LogP contribution in [0, 0.1) is 5.92 Å². The Labute approximate surface area is 166 Å². The van der Waals surface area contributed by atoms with Crippen molar-refractivity contribution in [2.45, 2.75) is 38.6 Å². The van der Waals surface area contributed by atoms with Crippen LogP contribution in [-0.2, 0) is 6.54 Å². The average molecular weight is 374 g/mol. The molecule has 0 bridgehead atoms. The summed E-state index contributed by atoms with van der Waals surface area (Å²) in [7, 11) is 0. The van der Waals surface area contributed by atoms with Crippen LogP contribution < -0.4 is 11.1 Å². The Bertz CT molecular complexity index is 959. The molecular formula is C24H27N3O. The van der Waals surface area contributed by atoms with Crippen molar-refractivity contribution in [1.82, 2.24) is 10.3 Å². The van der Waals surface area contributed by atoms with Gasteiger partial charge in [-0.2, -0.15) is 0 Å². The molecule has 1 amide bonds. The van der Waals surface area contributed by atoms with E-state index < -0.39 is 0 Å². The van der Waals surface area contributed by atoms with E-state index in [-0.39, 0.29) is 5.91 Å². The maximum Gasteiger partial charge on any atom is 0.252 e. The SMILES string of the molecule is NCc1ccc(-c2cc(C(=O)NCC3CCCCC3)c3ccccc3n2)cc1. The Balaban J connectivity index is 1.64. The molecular weight excluding hydrogens is 346 g/mol. The van der Waals surface area contributed by atoms with Gasteiger partial charge in [0.2, 0.25) is 0 Å². The number of amides is 1. The molecule has 0 radical (unpaired) electrons. The monoisotopic (exact) mass is 373 g/mol. The van der Waals surface area contributed by atoms with Crippen LogP contribution in [-0.4, -0.2) is 17.4 Å². The summed E-state index contributed by atoms with van der Waals surface area (Å²) in [5.74, 6) is 0.595. The van der Waals surface area contributed by atoms with Gasteiger partial charge in [-0.1, -0.05) is 61.7 Å². The van der Waals surface area contributed by atoms with Crippen molar-refractivity contribution in [3.8, 4) is 11.3 Å². The van der Waals surface area contributed by atoms with Crippen LogP contribution in [0.5, 0.6) is 0 Å². The average Bonchev–Trinajstić information content (AvgIpc) is 2.77. The number of hydrogen-bond acceptors (Lipinski definition) is 3. The number of aromatic nitrogens is 1. The molecule has 4 rings (SSSR count). The van der Waals surface area contributed by atoms with Gasteiger partial charge < -0.3 is 11.1 Å². The molecule has 0 saturated heterocycles. The van der Waals surface area contributed by atoms with Crippen molar-refractivity contribution in [3.63, 3.8) is 0 Å². The molecule has 4 nitrogen and oxygen atoms in total. The molecule has 1 fully saturated rings. The summed E-state index contributed by atoms with van der Waals surface area (Å²) in [6.07, 6.45) is 6.32. The third kappa shape index (κ3) is 4.07. The Kier molecular flexibility index (Phi) is 5.68. The number of nitrogens with two attached hydrogens (primary N) is 1. The van der Waals surface area contributed by atoms with Crippen molar-refractivity contribution in [2.75, 3.05) is 6.54 Å². The van der Waals surface area contributed by atoms with Crippen molar-refractivity contribution >= 4 is 16.8 Å². The molecule has 144 valence electrons. The van der Waals surface area contributed by atoms with Gasteiger partial charge in [-0.15, -0.1) is 0 Å². The zero-order valence-corrected chi connectivity index (χ0v) is 16.2. The van der Waals surface area contributed by atoms with Gasteiger partial charge in [0.05, 0.1) is 16.8 Å². The second-order valence-corrected chi connectivity index (χ2v) is 7.69. The minimum Gasteiger partial charge on any atom is -0.352 e. The second kappa shape index (κ2) is 8.53. The van der Waals surface area contributed by atoms with E-state index in [1.807, 2.05) is 54.6 Å². The lowest BCUT2D eigenvalue weighted by Crippen LogP contribution is -2.30. The number of carbonyl (C=O) groups excluding carboxylic acids is 1. The molecule has 1 aliphatic carbocycles. The van der Waals surface area contributed by atoms with E-state index in [0.29, 0.717) is 18.0 Å². The van der Waals surface area contributed by atoms with Gasteiger partial charge in [0.1, 0.15) is 0 Å². The lowest BCUT2D eigenvalue weighted by molar-refractivity contribution is 0.0945. The zero-order chi connectivity index (χ0) is 19.3. The van der Waals surface area contributed by atoms with Gasteiger partial charge in [-0.05, 0) is 36.5 Å². The molecule has 1 aromatic heterocycles. The first-order valence-corrected chi connectivity index (χ1v) is 10.2. The van der Waals surface area contributed by atoms with E-state index in [1.54, 1.807) is 0 Å². The molecule has 1 aliphatic rings. The molecule has 1 heterocycles. The third-order valence-electron chi connectivity index (χ3n) is 5.72.